The van der Waals surface area contributed by atoms with Gasteiger partial charge in [0.1, 0.15) is 0 Å². The molecule has 1 N–H and O–H groups in total. The third kappa shape index (κ3) is 13.3. The van der Waals surface area contributed by atoms with Crippen molar-refractivity contribution >= 4 is 31.8 Å². The van der Waals surface area contributed by atoms with Gasteiger partial charge in [-0.2, -0.15) is 0 Å². The zero-order valence-corrected chi connectivity index (χ0v) is 6.76. The molecular formula is C8H19InO2. The molecule has 0 aromatic heterocycles. The second kappa shape index (κ2) is 8.44. The van der Waals surface area contributed by atoms with Crippen LogP contribution in [-0.4, -0.2) is 36.9 Å². The molecule has 3 heteroatoms. The Labute approximate surface area is 87.2 Å². The zero-order valence-electron chi connectivity index (χ0n) is 6.76. The Morgan fingerprint density at radius 3 is 2.27 bits per heavy atom. The van der Waals surface area contributed by atoms with Gasteiger partial charge >= 0.3 is 31.8 Å². The summed E-state index contributed by atoms with van der Waals surface area (Å²) in [5.74, 6) is 0.0255. The fraction of sp³-hybridized carbons (Fsp3) is 0.875. The van der Waals surface area contributed by atoms with Gasteiger partial charge in [0.2, 0.25) is 0 Å². The Hall–Kier alpha value is 0.340. The number of unbranched alkanes of at least 4 members (excludes halogenated alkanes) is 1. The van der Waals surface area contributed by atoms with Gasteiger partial charge in [0, 0.05) is 6.42 Å². The molecule has 0 unspecified atom stereocenters. The number of rotatable bonds is 5. The predicted octanol–water partition coefficient (Wildman–Crippen LogP) is 1.10. The molecule has 0 spiro atoms. The standard InChI is InChI=1S/C8H16O2.In.3H/c1-7(2)5-3-4-6-8(9)10;;;;/h7H,3-6H2,1-2H3,(H,9,10);;;;. The van der Waals surface area contributed by atoms with Crippen LogP contribution in [0.15, 0.2) is 0 Å². The van der Waals surface area contributed by atoms with E-state index in [1.165, 1.54) is 0 Å². The average molecular weight is 262 g/mol. The van der Waals surface area contributed by atoms with E-state index in [1.54, 1.807) is 0 Å². The van der Waals surface area contributed by atoms with Crippen LogP contribution in [-0.2, 0) is 4.79 Å². The summed E-state index contributed by atoms with van der Waals surface area (Å²) in [7, 11) is 0. The molecule has 0 aliphatic rings. The van der Waals surface area contributed by atoms with E-state index in [0.29, 0.717) is 12.3 Å². The van der Waals surface area contributed by atoms with Crippen LogP contribution >= 0.6 is 0 Å². The first-order valence-electron chi connectivity index (χ1n) is 3.84. The molecule has 0 aromatic carbocycles. The van der Waals surface area contributed by atoms with Crippen LogP contribution in [0.2, 0.25) is 0 Å². The fourth-order valence-electron chi connectivity index (χ4n) is 0.829. The molecule has 0 aromatic rings. The van der Waals surface area contributed by atoms with Crippen LogP contribution in [0, 0.1) is 5.92 Å². The molecule has 0 fully saturated rings. The summed E-state index contributed by atoms with van der Waals surface area (Å²) in [5, 5.41) is 8.28. The molecule has 0 bridgehead atoms. The summed E-state index contributed by atoms with van der Waals surface area (Å²) in [6.07, 6.45) is 3.34. The summed E-state index contributed by atoms with van der Waals surface area (Å²) in [4.78, 5) is 10.0. The summed E-state index contributed by atoms with van der Waals surface area (Å²) in [6.45, 7) is 4.31. The quantitative estimate of drug-likeness (QED) is 0.753. The van der Waals surface area contributed by atoms with Gasteiger partial charge in [-0.1, -0.05) is 26.7 Å². The van der Waals surface area contributed by atoms with Gasteiger partial charge in [0.15, 0.2) is 0 Å². The van der Waals surface area contributed by atoms with Crippen molar-refractivity contribution in [2.24, 2.45) is 5.92 Å². The SMILES string of the molecule is CC(C)CCCCC(=O)O.[InH3]. The van der Waals surface area contributed by atoms with Crippen LogP contribution in [0.25, 0.3) is 0 Å². The van der Waals surface area contributed by atoms with Gasteiger partial charge in [-0.25, -0.2) is 0 Å². The summed E-state index contributed by atoms with van der Waals surface area (Å²) in [5.41, 5.74) is 0. The number of carboxylic acids is 1. The molecule has 0 saturated heterocycles. The van der Waals surface area contributed by atoms with E-state index < -0.39 is 5.97 Å². The van der Waals surface area contributed by atoms with Crippen molar-refractivity contribution < 1.29 is 9.90 Å². The van der Waals surface area contributed by atoms with E-state index in [2.05, 4.69) is 13.8 Å². The Bertz CT molecular complexity index is 102. The van der Waals surface area contributed by atoms with Crippen molar-refractivity contribution in [1.82, 2.24) is 0 Å². The van der Waals surface area contributed by atoms with Crippen LogP contribution in [0.4, 0.5) is 0 Å². The van der Waals surface area contributed by atoms with Gasteiger partial charge in [-0.15, -0.1) is 0 Å². The second-order valence-electron chi connectivity index (χ2n) is 3.03. The maximum absolute atomic E-state index is 10.0. The van der Waals surface area contributed by atoms with Crippen molar-refractivity contribution in [3.05, 3.63) is 0 Å². The maximum atomic E-state index is 10.0. The minimum atomic E-state index is -0.677. The Kier molecular flexibility index (Phi) is 10.7. The Balaban J connectivity index is 0. The van der Waals surface area contributed by atoms with E-state index in [0.717, 1.165) is 19.3 Å². The number of hydrogen-bond donors (Lipinski definition) is 1. The number of carbonyl (C=O) groups is 1. The first kappa shape index (κ1) is 13.9. The Morgan fingerprint density at radius 1 is 1.36 bits per heavy atom. The molecular weight excluding hydrogens is 243 g/mol. The zero-order chi connectivity index (χ0) is 7.98. The molecule has 0 aliphatic heterocycles. The first-order chi connectivity index (χ1) is 4.63. The van der Waals surface area contributed by atoms with E-state index in [1.807, 2.05) is 0 Å². The molecule has 0 rings (SSSR count). The third-order valence-electron chi connectivity index (χ3n) is 1.42. The van der Waals surface area contributed by atoms with Crippen molar-refractivity contribution in [3.8, 4) is 0 Å². The van der Waals surface area contributed by atoms with Gasteiger partial charge < -0.3 is 5.11 Å². The molecule has 0 aliphatic carbocycles. The van der Waals surface area contributed by atoms with Gasteiger partial charge in [-0.05, 0) is 12.3 Å². The van der Waals surface area contributed by atoms with Gasteiger partial charge in [0.05, 0.1) is 0 Å². The molecule has 0 amide bonds. The van der Waals surface area contributed by atoms with Crippen molar-refractivity contribution in [3.63, 3.8) is 0 Å². The topological polar surface area (TPSA) is 37.3 Å². The summed E-state index contributed by atoms with van der Waals surface area (Å²) >= 11 is 0. The summed E-state index contributed by atoms with van der Waals surface area (Å²) in [6, 6.07) is 0. The minimum absolute atomic E-state index is 0. The third-order valence-corrected chi connectivity index (χ3v) is 1.42. The molecule has 0 atom stereocenters. The number of hydrogen-bond acceptors (Lipinski definition) is 1. The van der Waals surface area contributed by atoms with E-state index in [9.17, 15) is 4.79 Å². The number of carboxylic acid groups (broad SMARTS) is 1. The molecule has 0 radical (unpaired) electrons. The van der Waals surface area contributed by atoms with Crippen molar-refractivity contribution in [1.29, 1.82) is 0 Å². The molecule has 66 valence electrons. The van der Waals surface area contributed by atoms with E-state index >= 15 is 0 Å². The van der Waals surface area contributed by atoms with Crippen molar-refractivity contribution in [2.45, 2.75) is 39.5 Å². The van der Waals surface area contributed by atoms with E-state index in [-0.39, 0.29) is 25.8 Å². The van der Waals surface area contributed by atoms with Crippen LogP contribution < -0.4 is 0 Å². The Morgan fingerprint density at radius 2 is 1.91 bits per heavy atom. The van der Waals surface area contributed by atoms with E-state index in [4.69, 9.17) is 5.11 Å². The molecule has 0 heterocycles. The van der Waals surface area contributed by atoms with Crippen LogP contribution in [0.3, 0.4) is 0 Å². The monoisotopic (exact) mass is 262 g/mol. The fourth-order valence-corrected chi connectivity index (χ4v) is 0.829. The van der Waals surface area contributed by atoms with Crippen LogP contribution in [0.5, 0.6) is 0 Å². The molecule has 2 nitrogen and oxygen atoms in total. The molecule has 0 saturated carbocycles. The van der Waals surface area contributed by atoms with Crippen LogP contribution in [0.1, 0.15) is 39.5 Å². The summed E-state index contributed by atoms with van der Waals surface area (Å²) < 4.78 is 0. The second-order valence-corrected chi connectivity index (χ2v) is 3.03. The van der Waals surface area contributed by atoms with Gasteiger partial charge in [-0.3, -0.25) is 4.79 Å². The van der Waals surface area contributed by atoms with Crippen molar-refractivity contribution in [2.75, 3.05) is 0 Å². The predicted molar refractivity (Wildman–Crippen MR) is 50.9 cm³/mol. The number of aliphatic carboxylic acids is 1. The normalized spacial score (nSPS) is 9.36. The first-order valence-corrected chi connectivity index (χ1v) is 3.84. The molecule has 11 heavy (non-hydrogen) atoms. The average Bonchev–Trinajstić information content (AvgIpc) is 1.79. The van der Waals surface area contributed by atoms with Gasteiger partial charge in [0.25, 0.3) is 0 Å².